The molecule has 0 bridgehead atoms. The lowest BCUT2D eigenvalue weighted by atomic mass is 9.67. The van der Waals surface area contributed by atoms with Crippen LogP contribution in [0.3, 0.4) is 0 Å². The Bertz CT molecular complexity index is 5330. The van der Waals surface area contributed by atoms with Crippen molar-refractivity contribution in [2.24, 2.45) is 0 Å². The zero-order valence-corrected chi connectivity index (χ0v) is 47.5. The van der Waals surface area contributed by atoms with Gasteiger partial charge in [0, 0.05) is 87.0 Å². The van der Waals surface area contributed by atoms with E-state index >= 15 is 0 Å². The fourth-order valence-electron chi connectivity index (χ4n) is 14.2. The van der Waals surface area contributed by atoms with E-state index in [1.807, 2.05) is 29.2 Å². The number of nitrogens with zero attached hydrogens (tertiary/aromatic N) is 3. The zero-order chi connectivity index (χ0) is 55.7. The molecule has 1 spiro atoms. The second-order valence-electron chi connectivity index (χ2n) is 22.3. The quantitative estimate of drug-likeness (QED) is 0.151. The van der Waals surface area contributed by atoms with Crippen molar-refractivity contribution in [1.29, 1.82) is 0 Å². The minimum Gasteiger partial charge on any atom is -0.456 e. The van der Waals surface area contributed by atoms with Crippen LogP contribution in [0, 0.1) is 0 Å². The van der Waals surface area contributed by atoms with Gasteiger partial charge in [0.05, 0.1) is 26.8 Å². The minimum atomic E-state index is -0.542. The summed E-state index contributed by atoms with van der Waals surface area (Å²) in [5.41, 5.74) is 21.2. The Balaban J connectivity index is 0.894. The number of anilines is 6. The number of furan rings is 1. The Morgan fingerprint density at radius 1 is 0.329 bits per heavy atom. The number of fused-ring (bicyclic) bond motifs is 18. The fraction of sp³-hybridized carbons (Fsp3) is 0.0127. The maximum absolute atomic E-state index is 6.52. The predicted octanol–water partition coefficient (Wildman–Crippen LogP) is 22.5. The third kappa shape index (κ3) is 7.23. The average Bonchev–Trinajstić information content (AvgIpc) is 1.61. The first-order valence-corrected chi connectivity index (χ1v) is 30.6. The van der Waals surface area contributed by atoms with Crippen LogP contribution < -0.4 is 9.80 Å². The summed E-state index contributed by atoms with van der Waals surface area (Å²) in [6.07, 6.45) is 0. The largest absolute Gasteiger partial charge is 0.456 e. The summed E-state index contributed by atoms with van der Waals surface area (Å²) < 4.78 is 11.3. The van der Waals surface area contributed by atoms with Crippen molar-refractivity contribution in [3.05, 3.63) is 320 Å². The highest BCUT2D eigenvalue weighted by Gasteiger charge is 2.50. The SMILES string of the molecule is c1ccc(N(c2ccc3c(c2)oc2ccccc23)c2ccc3c(c2)sc2c(N(c4ccccc4)c4ccc5c(c4)C4(c6ccccc6Sc6ccccc64)c4ccccc4-5)cc(-c4ccc5c6ccccc6n(-c6ccccc6)c5c4)cc23)cc1. The normalized spacial score (nSPS) is 13.0. The molecule has 0 N–H and O–H groups in total. The van der Waals surface area contributed by atoms with Crippen LogP contribution in [0.5, 0.6) is 0 Å². The number of para-hydroxylation sites is 5. The van der Waals surface area contributed by atoms with Crippen LogP contribution in [0.15, 0.2) is 311 Å². The molecule has 0 radical (unpaired) electrons. The minimum absolute atomic E-state index is 0.542. The molecule has 0 unspecified atom stereocenters. The van der Waals surface area contributed by atoms with Crippen LogP contribution in [0.25, 0.3) is 91.9 Å². The second-order valence-corrected chi connectivity index (χ2v) is 24.5. The molecule has 0 fully saturated rings. The Morgan fingerprint density at radius 3 is 1.67 bits per heavy atom. The molecule has 4 nitrogen and oxygen atoms in total. The van der Waals surface area contributed by atoms with Gasteiger partial charge in [0.2, 0.25) is 0 Å². The van der Waals surface area contributed by atoms with Gasteiger partial charge in [-0.25, -0.2) is 0 Å². The first-order chi connectivity index (χ1) is 42.1. The maximum atomic E-state index is 6.52. The third-order valence-corrected chi connectivity index (χ3v) is 20.1. The lowest BCUT2D eigenvalue weighted by Crippen LogP contribution is -2.32. The number of aromatic nitrogens is 1. The number of hydrogen-bond donors (Lipinski definition) is 0. The molecule has 0 amide bonds. The van der Waals surface area contributed by atoms with Crippen LogP contribution in [0.1, 0.15) is 22.3 Å². The number of rotatable bonds is 8. The molecule has 398 valence electrons. The first-order valence-electron chi connectivity index (χ1n) is 29.0. The summed E-state index contributed by atoms with van der Waals surface area (Å²) in [5.74, 6) is 0. The van der Waals surface area contributed by atoms with E-state index in [0.717, 1.165) is 72.9 Å². The molecule has 6 heteroatoms. The van der Waals surface area contributed by atoms with E-state index in [-0.39, 0.29) is 0 Å². The molecule has 13 aromatic carbocycles. The Kier molecular flexibility index (Phi) is 10.7. The summed E-state index contributed by atoms with van der Waals surface area (Å²) in [6.45, 7) is 0. The van der Waals surface area contributed by atoms with Gasteiger partial charge in [-0.2, -0.15) is 0 Å². The lowest BCUT2D eigenvalue weighted by Gasteiger charge is -2.40. The molecule has 18 rings (SSSR count). The van der Waals surface area contributed by atoms with E-state index in [1.54, 1.807) is 0 Å². The topological polar surface area (TPSA) is 24.6 Å². The monoisotopic (exact) mass is 1120 g/mol. The second kappa shape index (κ2) is 18.8. The average molecular weight is 1120 g/mol. The highest BCUT2D eigenvalue weighted by atomic mass is 32.2. The molecule has 0 saturated heterocycles. The predicted molar refractivity (Wildman–Crippen MR) is 357 cm³/mol. The standard InChI is InChI=1S/C79H49N3OS2/c1-4-20-52(21-5-1)80(56-38-42-63-62-28-12-17-33-73(62)83-74(63)48-56)57-39-43-64-65-44-51(50-36-40-61-60-27-11-16-32-70(60)82(71(61)45-50)54-24-8-3-9-25-54)46-72(78(65)85-77(64)49-57)81(53-22-6-2-7-23-53)55-37-41-59-58-26-10-13-29-66(58)79(69(59)47-55)67-30-14-18-34-75(67)84-76-35-19-15-31-68(76)79/h1-49H. The molecule has 85 heavy (non-hydrogen) atoms. The Hall–Kier alpha value is -10.4. The molecule has 16 aromatic rings. The molecule has 1 aliphatic heterocycles. The maximum Gasteiger partial charge on any atom is 0.137 e. The van der Waals surface area contributed by atoms with Crippen LogP contribution in [0.2, 0.25) is 0 Å². The summed E-state index contributed by atoms with van der Waals surface area (Å²) in [6, 6.07) is 110. The van der Waals surface area contributed by atoms with Crippen LogP contribution >= 0.6 is 23.1 Å². The van der Waals surface area contributed by atoms with E-state index < -0.39 is 5.41 Å². The Morgan fingerprint density at radius 2 is 0.894 bits per heavy atom. The number of benzene rings is 13. The van der Waals surface area contributed by atoms with Gasteiger partial charge < -0.3 is 18.8 Å². The highest BCUT2D eigenvalue weighted by molar-refractivity contribution is 7.99. The van der Waals surface area contributed by atoms with Gasteiger partial charge in [-0.15, -0.1) is 11.3 Å². The van der Waals surface area contributed by atoms with Crippen molar-refractivity contribution >= 4 is 121 Å². The number of hydrogen-bond acceptors (Lipinski definition) is 5. The van der Waals surface area contributed by atoms with E-state index in [2.05, 4.69) is 306 Å². The van der Waals surface area contributed by atoms with Crippen molar-refractivity contribution in [3.8, 4) is 27.9 Å². The van der Waals surface area contributed by atoms with Gasteiger partial charge >= 0.3 is 0 Å². The molecule has 3 aromatic heterocycles. The summed E-state index contributed by atoms with van der Waals surface area (Å²) in [4.78, 5) is 7.47. The summed E-state index contributed by atoms with van der Waals surface area (Å²) in [5, 5.41) is 7.10. The molecular formula is C79H49N3OS2. The zero-order valence-electron chi connectivity index (χ0n) is 45.9. The molecule has 1 aliphatic carbocycles. The van der Waals surface area contributed by atoms with E-state index in [4.69, 9.17) is 4.42 Å². The van der Waals surface area contributed by atoms with Gasteiger partial charge in [-0.05, 0) is 160 Å². The van der Waals surface area contributed by atoms with Gasteiger partial charge in [-0.3, -0.25) is 0 Å². The van der Waals surface area contributed by atoms with Gasteiger partial charge in [0.15, 0.2) is 0 Å². The first kappa shape index (κ1) is 48.2. The van der Waals surface area contributed by atoms with Crippen molar-refractivity contribution in [3.63, 3.8) is 0 Å². The van der Waals surface area contributed by atoms with Crippen molar-refractivity contribution in [1.82, 2.24) is 4.57 Å². The molecular weight excluding hydrogens is 1070 g/mol. The molecule has 0 atom stereocenters. The van der Waals surface area contributed by atoms with E-state index in [1.165, 1.54) is 85.1 Å². The molecule has 0 saturated carbocycles. The van der Waals surface area contributed by atoms with Crippen molar-refractivity contribution in [2.75, 3.05) is 9.80 Å². The lowest BCUT2D eigenvalue weighted by molar-refractivity contribution is 0.669. The number of thiophene rings is 1. The van der Waals surface area contributed by atoms with Gasteiger partial charge in [0.1, 0.15) is 11.2 Å². The van der Waals surface area contributed by atoms with Crippen LogP contribution in [-0.2, 0) is 5.41 Å². The van der Waals surface area contributed by atoms with Crippen LogP contribution in [-0.4, -0.2) is 4.57 Å². The van der Waals surface area contributed by atoms with E-state index in [9.17, 15) is 0 Å². The van der Waals surface area contributed by atoms with Crippen molar-refractivity contribution < 1.29 is 4.42 Å². The van der Waals surface area contributed by atoms with Gasteiger partial charge in [-0.1, -0.05) is 188 Å². The van der Waals surface area contributed by atoms with Gasteiger partial charge in [0.25, 0.3) is 0 Å². The smallest absolute Gasteiger partial charge is 0.137 e. The third-order valence-electron chi connectivity index (χ3n) is 17.8. The molecule has 2 aliphatic rings. The van der Waals surface area contributed by atoms with Crippen LogP contribution in [0.4, 0.5) is 34.1 Å². The Labute approximate surface area is 499 Å². The summed E-state index contributed by atoms with van der Waals surface area (Å²) in [7, 11) is 0. The highest BCUT2D eigenvalue weighted by Crippen LogP contribution is 2.63. The van der Waals surface area contributed by atoms with E-state index in [0.29, 0.717) is 0 Å². The molecule has 4 heterocycles. The fourth-order valence-corrected chi connectivity index (χ4v) is 16.6. The van der Waals surface area contributed by atoms with Crippen molar-refractivity contribution in [2.45, 2.75) is 15.2 Å². The summed E-state index contributed by atoms with van der Waals surface area (Å²) >= 11 is 3.75.